The molecule has 1 heterocycles. The van der Waals surface area contributed by atoms with Crippen molar-refractivity contribution < 1.29 is 19.1 Å². The second kappa shape index (κ2) is 8.93. The zero-order valence-corrected chi connectivity index (χ0v) is 17.2. The van der Waals surface area contributed by atoms with Gasteiger partial charge in [0, 0.05) is 15.7 Å². The second-order valence-electron chi connectivity index (χ2n) is 6.25. The fraction of sp³-hybridized carbons (Fsp3) is 0.238. The number of esters is 1. The van der Waals surface area contributed by atoms with Crippen LogP contribution in [0, 0.1) is 0 Å². The molecule has 0 spiro atoms. The lowest BCUT2D eigenvalue weighted by Crippen LogP contribution is -2.45. The minimum absolute atomic E-state index is 0.242. The Bertz CT molecular complexity index is 912. The number of benzene rings is 2. The van der Waals surface area contributed by atoms with Crippen molar-refractivity contribution in [3.05, 3.63) is 75.4 Å². The van der Waals surface area contributed by atoms with Crippen molar-refractivity contribution in [2.75, 3.05) is 6.61 Å². The number of ether oxygens (including phenoxy) is 2. The summed E-state index contributed by atoms with van der Waals surface area (Å²) in [6.45, 7) is 4.03. The number of allylic oxidation sites excluding steroid dienone is 1. The molecule has 28 heavy (non-hydrogen) atoms. The highest BCUT2D eigenvalue weighted by molar-refractivity contribution is 9.10. The molecule has 0 saturated heterocycles. The number of carbonyl (C=O) groups excluding carboxylic acids is 2. The Morgan fingerprint density at radius 3 is 2.64 bits per heavy atom. The third-order valence-electron chi connectivity index (χ3n) is 4.28. The van der Waals surface area contributed by atoms with Gasteiger partial charge in [0.15, 0.2) is 0 Å². The number of nitrogens with one attached hydrogen (secondary N) is 2. The van der Waals surface area contributed by atoms with Crippen LogP contribution in [-0.2, 0) is 16.1 Å². The molecule has 2 N–H and O–H groups in total. The molecule has 0 aliphatic carbocycles. The number of urea groups is 1. The lowest BCUT2D eigenvalue weighted by molar-refractivity contribution is -0.139. The lowest BCUT2D eigenvalue weighted by atomic mass is 9.95. The first-order valence-corrected chi connectivity index (χ1v) is 9.70. The van der Waals surface area contributed by atoms with E-state index in [9.17, 15) is 9.59 Å². The van der Waals surface area contributed by atoms with Crippen LogP contribution >= 0.6 is 15.9 Å². The molecule has 6 nitrogen and oxygen atoms in total. The fourth-order valence-corrected chi connectivity index (χ4v) is 3.40. The van der Waals surface area contributed by atoms with Crippen molar-refractivity contribution in [1.82, 2.24) is 10.6 Å². The quantitative estimate of drug-likeness (QED) is 0.653. The van der Waals surface area contributed by atoms with Gasteiger partial charge in [0.25, 0.3) is 0 Å². The van der Waals surface area contributed by atoms with Gasteiger partial charge in [0.2, 0.25) is 0 Å². The van der Waals surface area contributed by atoms with Crippen LogP contribution in [0.3, 0.4) is 0 Å². The maximum absolute atomic E-state index is 12.6. The van der Waals surface area contributed by atoms with E-state index in [0.717, 1.165) is 10.0 Å². The normalized spacial score (nSPS) is 16.2. The van der Waals surface area contributed by atoms with E-state index in [1.54, 1.807) is 13.8 Å². The van der Waals surface area contributed by atoms with Crippen LogP contribution in [-0.4, -0.2) is 18.6 Å². The summed E-state index contributed by atoms with van der Waals surface area (Å²) < 4.78 is 12.0. The molecule has 1 atom stereocenters. The largest absolute Gasteiger partial charge is 0.489 e. The zero-order chi connectivity index (χ0) is 20.1. The highest BCUT2D eigenvalue weighted by atomic mass is 79.9. The summed E-state index contributed by atoms with van der Waals surface area (Å²) in [5, 5.41) is 5.45. The first-order chi connectivity index (χ1) is 13.5. The molecule has 0 bridgehead atoms. The molecule has 2 aromatic carbocycles. The SMILES string of the molecule is CCOC(=O)C1=C(C)NC(=O)N[C@@H]1c1cc(Br)ccc1OCc1ccccc1. The maximum Gasteiger partial charge on any atom is 0.338 e. The zero-order valence-electron chi connectivity index (χ0n) is 15.6. The number of carbonyl (C=O) groups is 2. The van der Waals surface area contributed by atoms with Gasteiger partial charge >= 0.3 is 12.0 Å². The lowest BCUT2D eigenvalue weighted by Gasteiger charge is -2.29. The van der Waals surface area contributed by atoms with Crippen LogP contribution in [0.25, 0.3) is 0 Å². The Morgan fingerprint density at radius 2 is 1.93 bits per heavy atom. The number of hydrogen-bond donors (Lipinski definition) is 2. The molecule has 0 unspecified atom stereocenters. The highest BCUT2D eigenvalue weighted by Crippen LogP contribution is 2.35. The summed E-state index contributed by atoms with van der Waals surface area (Å²) in [5.74, 6) is 0.0975. The van der Waals surface area contributed by atoms with E-state index in [0.29, 0.717) is 29.2 Å². The van der Waals surface area contributed by atoms with Gasteiger partial charge in [-0.3, -0.25) is 0 Å². The van der Waals surface area contributed by atoms with Crippen molar-refractivity contribution in [1.29, 1.82) is 0 Å². The minimum atomic E-state index is -0.684. The van der Waals surface area contributed by atoms with Crippen molar-refractivity contribution in [3.63, 3.8) is 0 Å². The molecule has 3 rings (SSSR count). The van der Waals surface area contributed by atoms with Crippen LogP contribution in [0.4, 0.5) is 4.79 Å². The maximum atomic E-state index is 12.6. The second-order valence-corrected chi connectivity index (χ2v) is 7.16. The third kappa shape index (κ3) is 4.54. The minimum Gasteiger partial charge on any atom is -0.489 e. The molecule has 2 aromatic rings. The van der Waals surface area contributed by atoms with E-state index in [1.807, 2.05) is 48.5 Å². The Labute approximate surface area is 172 Å². The summed E-state index contributed by atoms with van der Waals surface area (Å²) in [6.07, 6.45) is 0. The van der Waals surface area contributed by atoms with Crippen LogP contribution in [0.5, 0.6) is 5.75 Å². The van der Waals surface area contributed by atoms with Crippen molar-refractivity contribution in [2.45, 2.75) is 26.5 Å². The van der Waals surface area contributed by atoms with Gasteiger partial charge < -0.3 is 20.1 Å². The van der Waals surface area contributed by atoms with Crippen LogP contribution in [0.15, 0.2) is 64.3 Å². The van der Waals surface area contributed by atoms with Gasteiger partial charge in [0.05, 0.1) is 18.2 Å². The molecule has 1 aliphatic rings. The van der Waals surface area contributed by atoms with E-state index in [1.165, 1.54) is 0 Å². The molecule has 0 radical (unpaired) electrons. The molecule has 7 heteroatoms. The number of halogens is 1. The van der Waals surface area contributed by atoms with Crippen LogP contribution in [0.1, 0.15) is 31.0 Å². The average molecular weight is 445 g/mol. The number of rotatable bonds is 6. The standard InChI is InChI=1S/C21H21BrN2O4/c1-3-27-20(25)18-13(2)23-21(26)24-19(18)16-11-15(22)9-10-17(16)28-12-14-7-5-4-6-8-14/h4-11,19H,3,12H2,1-2H3,(H2,23,24,26)/t19-/m1/s1. The van der Waals surface area contributed by atoms with Gasteiger partial charge in [-0.1, -0.05) is 46.3 Å². The summed E-state index contributed by atoms with van der Waals surface area (Å²) in [4.78, 5) is 24.6. The van der Waals surface area contributed by atoms with Crippen molar-refractivity contribution >= 4 is 27.9 Å². The van der Waals surface area contributed by atoms with Gasteiger partial charge in [-0.15, -0.1) is 0 Å². The topological polar surface area (TPSA) is 76.7 Å². The van der Waals surface area contributed by atoms with Gasteiger partial charge in [-0.2, -0.15) is 0 Å². The Kier molecular flexibility index (Phi) is 6.36. The Balaban J connectivity index is 1.97. The summed E-state index contributed by atoms with van der Waals surface area (Å²) in [5.41, 5.74) is 2.50. The third-order valence-corrected chi connectivity index (χ3v) is 4.78. The van der Waals surface area contributed by atoms with Gasteiger partial charge in [-0.05, 0) is 37.6 Å². The fourth-order valence-electron chi connectivity index (χ4n) is 3.02. The van der Waals surface area contributed by atoms with Crippen molar-refractivity contribution in [2.24, 2.45) is 0 Å². The van der Waals surface area contributed by atoms with E-state index in [4.69, 9.17) is 9.47 Å². The molecule has 0 fully saturated rings. The van der Waals surface area contributed by atoms with Gasteiger partial charge in [-0.25, -0.2) is 9.59 Å². The summed E-state index contributed by atoms with van der Waals surface area (Å²) in [7, 11) is 0. The van der Waals surface area contributed by atoms with E-state index >= 15 is 0 Å². The molecule has 146 valence electrons. The smallest absolute Gasteiger partial charge is 0.338 e. The summed E-state index contributed by atoms with van der Waals surface area (Å²) in [6, 6.07) is 14.2. The Morgan fingerprint density at radius 1 is 1.18 bits per heavy atom. The highest BCUT2D eigenvalue weighted by Gasteiger charge is 2.34. The Hall–Kier alpha value is -2.80. The first kappa shape index (κ1) is 19.9. The van der Waals surface area contributed by atoms with E-state index in [2.05, 4.69) is 26.6 Å². The molecule has 0 saturated carbocycles. The average Bonchev–Trinajstić information content (AvgIpc) is 2.67. The van der Waals surface area contributed by atoms with Crippen LogP contribution in [0.2, 0.25) is 0 Å². The summed E-state index contributed by atoms with van der Waals surface area (Å²) >= 11 is 3.46. The predicted octanol–water partition coefficient (Wildman–Crippen LogP) is 4.22. The van der Waals surface area contributed by atoms with Crippen LogP contribution < -0.4 is 15.4 Å². The molecule has 0 aromatic heterocycles. The number of hydrogen-bond acceptors (Lipinski definition) is 4. The molecule has 2 amide bonds. The van der Waals surface area contributed by atoms with E-state index < -0.39 is 12.0 Å². The van der Waals surface area contributed by atoms with E-state index in [-0.39, 0.29) is 12.6 Å². The predicted molar refractivity (Wildman–Crippen MR) is 109 cm³/mol. The molecule has 1 aliphatic heterocycles. The molecular formula is C21H21BrN2O4. The van der Waals surface area contributed by atoms with Crippen molar-refractivity contribution in [3.8, 4) is 5.75 Å². The monoisotopic (exact) mass is 444 g/mol. The number of amides is 2. The molecular weight excluding hydrogens is 424 g/mol. The van der Waals surface area contributed by atoms with Gasteiger partial charge in [0.1, 0.15) is 12.4 Å². The first-order valence-electron chi connectivity index (χ1n) is 8.91.